The third kappa shape index (κ3) is 4.18. The maximum atomic E-state index is 13.5. The highest BCUT2D eigenvalue weighted by molar-refractivity contribution is 6.33. The molecule has 2 N–H and O–H groups in total. The summed E-state index contributed by atoms with van der Waals surface area (Å²) in [6.07, 6.45) is 2.88. The lowest BCUT2D eigenvalue weighted by Crippen LogP contribution is -2.15. The van der Waals surface area contributed by atoms with Gasteiger partial charge in [-0.3, -0.25) is 0 Å². The minimum Gasteiger partial charge on any atom is -0.350 e. The van der Waals surface area contributed by atoms with E-state index in [4.69, 9.17) is 16.6 Å². The van der Waals surface area contributed by atoms with Crippen LogP contribution in [0.1, 0.15) is 12.0 Å². The number of hydrogen-bond acceptors (Lipinski definition) is 4. The number of halogens is 3. The van der Waals surface area contributed by atoms with Crippen molar-refractivity contribution >= 4 is 28.6 Å². The molecule has 5 nitrogen and oxygen atoms in total. The van der Waals surface area contributed by atoms with Crippen LogP contribution in [-0.4, -0.2) is 27.6 Å². The number of hydrogen-bond donors (Lipinski definition) is 2. The molecule has 1 atom stereocenters. The van der Waals surface area contributed by atoms with Gasteiger partial charge in [0.25, 0.3) is 0 Å². The zero-order valence-electron chi connectivity index (χ0n) is 17.3. The lowest BCUT2D eigenvalue weighted by molar-refractivity contribution is 0.492. The SMILES string of the molecule is Fc1ccc(CNc2ncc3cc(-c4ccccc4Cl)n(C[C@H]4CCNC4)c3n2)cc1F. The van der Waals surface area contributed by atoms with Crippen molar-refractivity contribution in [3.05, 3.63) is 76.9 Å². The van der Waals surface area contributed by atoms with Gasteiger partial charge in [-0.25, -0.2) is 13.8 Å². The van der Waals surface area contributed by atoms with Gasteiger partial charge in [0.1, 0.15) is 5.65 Å². The molecule has 1 saturated heterocycles. The molecule has 0 spiro atoms. The fourth-order valence-corrected chi connectivity index (χ4v) is 4.39. The van der Waals surface area contributed by atoms with Gasteiger partial charge in [0.05, 0.1) is 5.69 Å². The molecule has 0 aliphatic carbocycles. The van der Waals surface area contributed by atoms with E-state index in [1.54, 1.807) is 6.20 Å². The minimum absolute atomic E-state index is 0.285. The Labute approximate surface area is 189 Å². The van der Waals surface area contributed by atoms with Gasteiger partial charge in [0.2, 0.25) is 5.95 Å². The third-order valence-corrected chi connectivity index (χ3v) is 6.15. The van der Waals surface area contributed by atoms with E-state index in [2.05, 4.69) is 26.3 Å². The van der Waals surface area contributed by atoms with Gasteiger partial charge in [-0.2, -0.15) is 4.98 Å². The maximum Gasteiger partial charge on any atom is 0.224 e. The van der Waals surface area contributed by atoms with Crippen LogP contribution in [0.3, 0.4) is 0 Å². The van der Waals surface area contributed by atoms with Crippen molar-refractivity contribution < 1.29 is 8.78 Å². The molecule has 3 heterocycles. The van der Waals surface area contributed by atoms with Gasteiger partial charge in [-0.1, -0.05) is 35.9 Å². The van der Waals surface area contributed by atoms with Crippen molar-refractivity contribution in [1.29, 1.82) is 0 Å². The molecular weight excluding hydrogens is 432 g/mol. The Hall–Kier alpha value is -3.03. The number of aromatic nitrogens is 3. The van der Waals surface area contributed by atoms with Gasteiger partial charge in [0.15, 0.2) is 11.6 Å². The van der Waals surface area contributed by atoms with Gasteiger partial charge >= 0.3 is 0 Å². The first-order valence-electron chi connectivity index (χ1n) is 10.6. The van der Waals surface area contributed by atoms with E-state index in [9.17, 15) is 8.78 Å². The Balaban J connectivity index is 1.50. The molecule has 32 heavy (non-hydrogen) atoms. The number of anilines is 1. The maximum absolute atomic E-state index is 13.5. The Kier molecular flexibility index (Phi) is 5.76. The van der Waals surface area contributed by atoms with E-state index >= 15 is 0 Å². The van der Waals surface area contributed by atoms with E-state index in [0.717, 1.165) is 54.4 Å². The summed E-state index contributed by atoms with van der Waals surface area (Å²) in [5, 5.41) is 8.14. The van der Waals surface area contributed by atoms with E-state index in [0.29, 0.717) is 22.5 Å². The third-order valence-electron chi connectivity index (χ3n) is 5.82. The summed E-state index contributed by atoms with van der Waals surface area (Å²) in [6, 6.07) is 13.7. The zero-order chi connectivity index (χ0) is 22.1. The number of fused-ring (bicyclic) bond motifs is 1. The van der Waals surface area contributed by atoms with E-state index in [1.807, 2.05) is 24.3 Å². The van der Waals surface area contributed by atoms with Crippen molar-refractivity contribution in [2.45, 2.75) is 19.5 Å². The number of nitrogens with zero attached hydrogens (tertiary/aromatic N) is 3. The standard InChI is InChI=1S/C24H22ClF2N5/c25-19-4-2-1-3-18(19)22-10-17-13-30-24(29-12-15-5-6-20(26)21(27)9-15)31-23(17)32(22)14-16-7-8-28-11-16/h1-6,9-10,13,16,28H,7-8,11-12,14H2,(H,29,30,31)/t16-/m0/s1. The van der Waals surface area contributed by atoms with Crippen molar-refractivity contribution in [2.75, 3.05) is 18.4 Å². The molecule has 0 unspecified atom stereocenters. The summed E-state index contributed by atoms with van der Waals surface area (Å²) in [4.78, 5) is 9.17. The van der Waals surface area contributed by atoms with E-state index < -0.39 is 11.6 Å². The highest BCUT2D eigenvalue weighted by Crippen LogP contribution is 2.33. The molecule has 1 aliphatic heterocycles. The van der Waals surface area contributed by atoms with Gasteiger partial charge in [-0.15, -0.1) is 0 Å². The second kappa shape index (κ2) is 8.84. The van der Waals surface area contributed by atoms with Crippen LogP contribution in [0.5, 0.6) is 0 Å². The van der Waals surface area contributed by atoms with Crippen LogP contribution in [0.4, 0.5) is 14.7 Å². The van der Waals surface area contributed by atoms with Crippen LogP contribution < -0.4 is 10.6 Å². The van der Waals surface area contributed by atoms with Crippen LogP contribution >= 0.6 is 11.6 Å². The van der Waals surface area contributed by atoms with Crippen LogP contribution in [0.15, 0.2) is 54.7 Å². The summed E-state index contributed by atoms with van der Waals surface area (Å²) in [7, 11) is 0. The molecule has 2 aromatic carbocycles. The Bertz CT molecular complexity index is 1270. The lowest BCUT2D eigenvalue weighted by Gasteiger charge is -2.15. The molecule has 2 aromatic heterocycles. The predicted octanol–water partition coefficient (Wildman–Crippen LogP) is 5.25. The first-order chi connectivity index (χ1) is 15.6. The molecule has 164 valence electrons. The summed E-state index contributed by atoms with van der Waals surface area (Å²) in [5.41, 5.74) is 3.38. The average molecular weight is 454 g/mol. The van der Waals surface area contributed by atoms with Crippen LogP contribution in [-0.2, 0) is 13.1 Å². The number of benzene rings is 2. The van der Waals surface area contributed by atoms with Crippen molar-refractivity contribution in [3.8, 4) is 11.3 Å². The molecule has 5 rings (SSSR count). The topological polar surface area (TPSA) is 54.8 Å². The molecule has 1 fully saturated rings. The Morgan fingerprint density at radius 2 is 2.00 bits per heavy atom. The van der Waals surface area contributed by atoms with Crippen LogP contribution in [0.2, 0.25) is 5.02 Å². The van der Waals surface area contributed by atoms with E-state index in [1.165, 1.54) is 12.1 Å². The molecule has 0 radical (unpaired) electrons. The van der Waals surface area contributed by atoms with Crippen molar-refractivity contribution in [3.63, 3.8) is 0 Å². The second-order valence-electron chi connectivity index (χ2n) is 8.05. The molecule has 0 saturated carbocycles. The number of nitrogens with one attached hydrogen (secondary N) is 2. The first kappa shape index (κ1) is 20.8. The lowest BCUT2D eigenvalue weighted by atomic mass is 10.1. The zero-order valence-corrected chi connectivity index (χ0v) is 18.0. The summed E-state index contributed by atoms with van der Waals surface area (Å²) in [6.45, 7) is 3.08. The monoisotopic (exact) mass is 453 g/mol. The molecule has 4 aromatic rings. The average Bonchev–Trinajstić information content (AvgIpc) is 3.43. The fourth-order valence-electron chi connectivity index (χ4n) is 4.16. The Morgan fingerprint density at radius 3 is 2.78 bits per heavy atom. The van der Waals surface area contributed by atoms with Gasteiger partial charge < -0.3 is 15.2 Å². The largest absolute Gasteiger partial charge is 0.350 e. The summed E-state index contributed by atoms with van der Waals surface area (Å²) in [5.74, 6) is -0.806. The quantitative estimate of drug-likeness (QED) is 0.418. The molecule has 1 aliphatic rings. The summed E-state index contributed by atoms with van der Waals surface area (Å²) < 4.78 is 28.9. The molecular formula is C24H22ClF2N5. The smallest absolute Gasteiger partial charge is 0.224 e. The number of rotatable bonds is 6. The normalized spacial score (nSPS) is 16.0. The van der Waals surface area contributed by atoms with Crippen molar-refractivity contribution in [2.24, 2.45) is 5.92 Å². The second-order valence-corrected chi connectivity index (χ2v) is 8.46. The Morgan fingerprint density at radius 1 is 1.12 bits per heavy atom. The predicted molar refractivity (Wildman–Crippen MR) is 123 cm³/mol. The van der Waals surface area contributed by atoms with Crippen molar-refractivity contribution in [1.82, 2.24) is 19.9 Å². The van der Waals surface area contributed by atoms with E-state index in [-0.39, 0.29) is 6.54 Å². The van der Waals surface area contributed by atoms with Crippen LogP contribution in [0, 0.1) is 17.6 Å². The fraction of sp³-hybridized carbons (Fsp3) is 0.250. The minimum atomic E-state index is -0.871. The molecule has 0 bridgehead atoms. The first-order valence-corrected chi connectivity index (χ1v) is 11.0. The highest BCUT2D eigenvalue weighted by Gasteiger charge is 2.21. The summed E-state index contributed by atoms with van der Waals surface area (Å²) >= 11 is 6.52. The molecule has 8 heteroatoms. The van der Waals surface area contributed by atoms with Gasteiger partial charge in [0, 0.05) is 35.3 Å². The highest BCUT2D eigenvalue weighted by atomic mass is 35.5. The van der Waals surface area contributed by atoms with Gasteiger partial charge in [-0.05, 0) is 55.3 Å². The van der Waals surface area contributed by atoms with Crippen LogP contribution in [0.25, 0.3) is 22.3 Å². The molecule has 0 amide bonds.